The summed E-state index contributed by atoms with van der Waals surface area (Å²) < 4.78 is 20.7. The molecular weight excluding hydrogens is 701 g/mol. The Morgan fingerprint density at radius 3 is 2.25 bits per heavy atom. The molecule has 4 heterocycles. The van der Waals surface area contributed by atoms with Gasteiger partial charge in [0.2, 0.25) is 0 Å². The molecule has 0 saturated carbocycles. The molecule has 4 aromatic heterocycles. The minimum Gasteiger partial charge on any atom is -0.488 e. The number of hydrogen-bond donors (Lipinski definition) is 1. The van der Waals surface area contributed by atoms with E-state index in [1.54, 1.807) is 48.9 Å². The highest BCUT2D eigenvalue weighted by molar-refractivity contribution is 5.94. The SMILES string of the molecule is CCc1cncc(Nc2cc(COc3ccc(-n4oc(=O)ccc(=O)on(-c5cc(C(C)(C)C)nn5-c5ccc(C)cc5)c4=O)c4ccccc34)ccn2)n1. The van der Waals surface area contributed by atoms with Gasteiger partial charge in [0.15, 0.2) is 5.82 Å². The summed E-state index contributed by atoms with van der Waals surface area (Å²) in [6, 6.07) is 25.1. The van der Waals surface area contributed by atoms with Crippen LogP contribution >= 0.6 is 0 Å². The Hall–Kier alpha value is -7.09. The zero-order chi connectivity index (χ0) is 38.7. The number of fused-ring (bicyclic) bond motifs is 1. The molecule has 0 unspecified atom stereocenters. The van der Waals surface area contributed by atoms with E-state index in [2.05, 4.69) is 20.3 Å². The summed E-state index contributed by atoms with van der Waals surface area (Å²) >= 11 is 0. The third-order valence-electron chi connectivity index (χ3n) is 8.61. The second kappa shape index (κ2) is 15.1. The summed E-state index contributed by atoms with van der Waals surface area (Å²) in [7, 11) is 0. The Morgan fingerprint density at radius 1 is 0.800 bits per heavy atom. The molecule has 7 rings (SSSR count). The molecule has 1 N–H and O–H groups in total. The quantitative estimate of drug-likeness (QED) is 0.168. The van der Waals surface area contributed by atoms with Gasteiger partial charge in [-0.25, -0.2) is 29.0 Å². The first-order valence-electron chi connectivity index (χ1n) is 17.6. The topological polar surface area (TPSA) is 165 Å². The molecule has 0 bridgehead atoms. The Kier molecular flexibility index (Phi) is 9.96. The zero-order valence-electron chi connectivity index (χ0n) is 30.9. The lowest BCUT2D eigenvalue weighted by Gasteiger charge is -2.14. The molecule has 0 aliphatic heterocycles. The third kappa shape index (κ3) is 7.98. The molecule has 278 valence electrons. The number of nitrogens with one attached hydrogen (secondary N) is 1. The number of aromatic nitrogens is 7. The van der Waals surface area contributed by atoms with Crippen molar-refractivity contribution in [1.29, 1.82) is 0 Å². The van der Waals surface area contributed by atoms with Gasteiger partial charge in [-0.05, 0) is 55.3 Å². The number of anilines is 2. The average molecular weight is 739 g/mol. The minimum atomic E-state index is -0.982. The van der Waals surface area contributed by atoms with Crippen LogP contribution in [0, 0.1) is 6.92 Å². The molecular formula is C41H38N8O6. The molecule has 55 heavy (non-hydrogen) atoms. The van der Waals surface area contributed by atoms with Crippen molar-refractivity contribution in [2.24, 2.45) is 0 Å². The standard InChI is InChI=1S/C41H38N8O6/c1-6-28-23-42-24-36(44-28)45-35-21-27(19-20-43-35)25-53-33-16-15-32(30-9-7-8-10-31(30)33)48-40(52)49(55-39(51)18-17-38(50)54-48)37-22-34(41(3,4)5)46-47(37)29-13-11-26(2)12-14-29/h7-24H,6,25H2,1-5H3,(H,43,44,45). The summed E-state index contributed by atoms with van der Waals surface area (Å²) in [4.78, 5) is 53.8. The first-order valence-corrected chi connectivity index (χ1v) is 17.6. The van der Waals surface area contributed by atoms with Crippen molar-refractivity contribution >= 4 is 22.4 Å². The molecule has 0 saturated heterocycles. The lowest BCUT2D eigenvalue weighted by molar-refractivity contribution is 0.240. The molecule has 3 aromatic carbocycles. The van der Waals surface area contributed by atoms with Gasteiger partial charge in [0.1, 0.15) is 24.0 Å². The van der Waals surface area contributed by atoms with Crippen LogP contribution in [0.1, 0.15) is 50.2 Å². The highest BCUT2D eigenvalue weighted by atomic mass is 16.5. The number of ether oxygens (including phenoxy) is 1. The number of rotatable bonds is 9. The normalized spacial score (nSPS) is 11.4. The van der Waals surface area contributed by atoms with E-state index in [9.17, 15) is 14.4 Å². The van der Waals surface area contributed by atoms with Crippen molar-refractivity contribution in [3.8, 4) is 22.9 Å². The molecule has 0 amide bonds. The van der Waals surface area contributed by atoms with E-state index in [0.717, 1.165) is 44.9 Å². The maximum absolute atomic E-state index is 14.7. The third-order valence-corrected chi connectivity index (χ3v) is 8.61. The smallest absolute Gasteiger partial charge is 0.397 e. The average Bonchev–Trinajstić information content (AvgIpc) is 3.65. The Morgan fingerprint density at radius 2 is 1.53 bits per heavy atom. The van der Waals surface area contributed by atoms with Gasteiger partial charge in [-0.15, -0.1) is 4.74 Å². The molecule has 0 atom stereocenters. The van der Waals surface area contributed by atoms with Crippen molar-refractivity contribution in [2.45, 2.75) is 53.1 Å². The van der Waals surface area contributed by atoms with Crippen molar-refractivity contribution in [3.05, 3.63) is 163 Å². The van der Waals surface area contributed by atoms with Crippen LogP contribution < -0.4 is 27.0 Å². The monoisotopic (exact) mass is 738 g/mol. The number of nitrogens with zero attached hydrogens (tertiary/aromatic N) is 7. The van der Waals surface area contributed by atoms with E-state index >= 15 is 0 Å². The second-order valence-corrected chi connectivity index (χ2v) is 13.8. The summed E-state index contributed by atoms with van der Waals surface area (Å²) in [6.07, 6.45) is 5.78. The van der Waals surface area contributed by atoms with Crippen LogP contribution in [0.25, 0.3) is 28.0 Å². The molecule has 7 aromatic rings. The van der Waals surface area contributed by atoms with Crippen molar-refractivity contribution < 1.29 is 13.8 Å². The van der Waals surface area contributed by atoms with E-state index in [1.807, 2.05) is 83.1 Å². The molecule has 0 radical (unpaired) electrons. The minimum absolute atomic E-state index is 0.115. The van der Waals surface area contributed by atoms with Crippen LogP contribution in [0.4, 0.5) is 11.6 Å². The Bertz CT molecular complexity index is 2750. The summed E-state index contributed by atoms with van der Waals surface area (Å²) in [6.45, 7) is 10.1. The van der Waals surface area contributed by atoms with Gasteiger partial charge in [0.25, 0.3) is 0 Å². The largest absolute Gasteiger partial charge is 0.488 e. The zero-order valence-corrected chi connectivity index (χ0v) is 30.9. The number of hydrogen-bond acceptors (Lipinski definition) is 11. The second-order valence-electron chi connectivity index (χ2n) is 13.8. The number of aryl methyl sites for hydroxylation is 2. The first kappa shape index (κ1) is 36.3. The van der Waals surface area contributed by atoms with Gasteiger partial charge < -0.3 is 19.1 Å². The van der Waals surface area contributed by atoms with Gasteiger partial charge >= 0.3 is 16.9 Å². The predicted molar refractivity (Wildman–Crippen MR) is 207 cm³/mol. The van der Waals surface area contributed by atoms with E-state index in [1.165, 1.54) is 4.68 Å². The fourth-order valence-corrected chi connectivity index (χ4v) is 5.71. The predicted octanol–water partition coefficient (Wildman–Crippen LogP) is 6.67. The van der Waals surface area contributed by atoms with Gasteiger partial charge in [0, 0.05) is 46.8 Å². The highest BCUT2D eigenvalue weighted by Gasteiger charge is 2.24. The maximum Gasteiger partial charge on any atom is 0.397 e. The van der Waals surface area contributed by atoms with Gasteiger partial charge in [0.05, 0.1) is 29.0 Å². The number of benzene rings is 3. The molecule has 0 fully saturated rings. The van der Waals surface area contributed by atoms with Crippen molar-refractivity contribution in [1.82, 2.24) is 34.2 Å². The van der Waals surface area contributed by atoms with Crippen LogP contribution in [-0.2, 0) is 18.4 Å². The summed E-state index contributed by atoms with van der Waals surface area (Å²) in [5.41, 5.74) is 0.781. The molecule has 0 aliphatic carbocycles. The maximum atomic E-state index is 14.7. The Balaban J connectivity index is 1.32. The molecule has 0 aliphatic rings. The highest BCUT2D eigenvalue weighted by Crippen LogP contribution is 2.31. The van der Waals surface area contributed by atoms with Gasteiger partial charge in [-0.2, -0.15) is 5.10 Å². The fraction of sp³-hybridized carbons (Fsp3) is 0.195. The molecule has 14 heteroatoms. The first-order chi connectivity index (χ1) is 26.5. The summed E-state index contributed by atoms with van der Waals surface area (Å²) in [5, 5.41) is 9.14. The van der Waals surface area contributed by atoms with Gasteiger partial charge in [-0.3, -0.25) is 4.98 Å². The van der Waals surface area contributed by atoms with Crippen LogP contribution in [0.5, 0.6) is 5.75 Å². The van der Waals surface area contributed by atoms with E-state index < -0.39 is 22.4 Å². The van der Waals surface area contributed by atoms with E-state index in [4.69, 9.17) is 18.9 Å². The van der Waals surface area contributed by atoms with Crippen LogP contribution in [-0.4, -0.2) is 34.2 Å². The van der Waals surface area contributed by atoms with E-state index in [0.29, 0.717) is 39.5 Å². The van der Waals surface area contributed by atoms with Crippen molar-refractivity contribution in [2.75, 3.05) is 5.32 Å². The van der Waals surface area contributed by atoms with Crippen LogP contribution in [0.2, 0.25) is 0 Å². The summed E-state index contributed by atoms with van der Waals surface area (Å²) in [5.74, 6) is 1.78. The fourth-order valence-electron chi connectivity index (χ4n) is 5.71. The van der Waals surface area contributed by atoms with Crippen LogP contribution in [0.15, 0.2) is 133 Å². The molecule has 0 spiro atoms. The van der Waals surface area contributed by atoms with Crippen molar-refractivity contribution in [3.63, 3.8) is 0 Å². The lowest BCUT2D eigenvalue weighted by Crippen LogP contribution is -2.29. The van der Waals surface area contributed by atoms with Gasteiger partial charge in [-0.1, -0.05) is 74.4 Å². The molecule has 14 nitrogen and oxygen atoms in total. The van der Waals surface area contributed by atoms with E-state index in [-0.39, 0.29) is 18.1 Å². The Labute approximate surface area is 314 Å². The van der Waals surface area contributed by atoms with Crippen LogP contribution in [0.3, 0.4) is 0 Å². The number of pyridine rings is 1. The lowest BCUT2D eigenvalue weighted by atomic mass is 9.92.